The van der Waals surface area contributed by atoms with Crippen molar-refractivity contribution in [2.45, 2.75) is 39.5 Å². The Labute approximate surface area is 92.5 Å². The molecule has 0 aliphatic rings. The van der Waals surface area contributed by atoms with E-state index in [9.17, 15) is 5.11 Å². The highest BCUT2D eigenvalue weighted by Gasteiger charge is 1.96. The quantitative estimate of drug-likeness (QED) is 0.706. The number of phenols is 1. The molecule has 0 saturated carbocycles. The molecule has 0 atom stereocenters. The van der Waals surface area contributed by atoms with Crippen molar-refractivity contribution < 1.29 is 5.11 Å². The van der Waals surface area contributed by atoms with Gasteiger partial charge < -0.3 is 5.11 Å². The summed E-state index contributed by atoms with van der Waals surface area (Å²) in [5, 5.41) is 9.59. The Morgan fingerprint density at radius 2 is 2.00 bits per heavy atom. The molecule has 1 nitrogen and oxygen atoms in total. The van der Waals surface area contributed by atoms with Crippen LogP contribution in [0.1, 0.15) is 45.1 Å². The van der Waals surface area contributed by atoms with Crippen LogP contribution in [0.2, 0.25) is 0 Å². The van der Waals surface area contributed by atoms with E-state index in [4.69, 9.17) is 0 Å². The number of unbranched alkanes of at least 4 members (excludes halogenated alkanes) is 2. The smallest absolute Gasteiger partial charge is 0.122 e. The highest BCUT2D eigenvalue weighted by atomic mass is 16.3. The lowest BCUT2D eigenvalue weighted by Gasteiger charge is -2.02. The molecule has 0 saturated heterocycles. The number of allylic oxidation sites excluding steroid dienone is 1. The monoisotopic (exact) mass is 204 g/mol. The minimum atomic E-state index is 0.368. The first-order valence-corrected chi connectivity index (χ1v) is 5.69. The third-order valence-electron chi connectivity index (χ3n) is 2.51. The highest BCUT2D eigenvalue weighted by Crippen LogP contribution is 2.20. The molecule has 0 spiro atoms. The Balaban J connectivity index is 2.58. The minimum Gasteiger partial charge on any atom is -0.507 e. The van der Waals surface area contributed by atoms with Crippen LogP contribution in [0.25, 0.3) is 6.08 Å². The average Bonchev–Trinajstić information content (AvgIpc) is 2.22. The second kappa shape index (κ2) is 6.28. The molecule has 1 N–H and O–H groups in total. The molecule has 1 heteroatoms. The number of hydrogen-bond acceptors (Lipinski definition) is 1. The van der Waals surface area contributed by atoms with E-state index in [0.29, 0.717) is 5.75 Å². The maximum absolute atomic E-state index is 9.59. The Morgan fingerprint density at radius 3 is 2.67 bits per heavy atom. The van der Waals surface area contributed by atoms with E-state index < -0.39 is 0 Å². The third-order valence-corrected chi connectivity index (χ3v) is 2.51. The second-order valence-corrected chi connectivity index (χ2v) is 4.01. The second-order valence-electron chi connectivity index (χ2n) is 4.01. The van der Waals surface area contributed by atoms with Gasteiger partial charge in [0.2, 0.25) is 0 Å². The molecule has 0 aliphatic carbocycles. The van der Waals surface area contributed by atoms with Gasteiger partial charge in [-0.05, 0) is 25.8 Å². The van der Waals surface area contributed by atoms with Crippen LogP contribution in [-0.2, 0) is 0 Å². The zero-order valence-electron chi connectivity index (χ0n) is 9.66. The van der Waals surface area contributed by atoms with Gasteiger partial charge in [-0.3, -0.25) is 0 Å². The van der Waals surface area contributed by atoms with Crippen molar-refractivity contribution in [2.24, 2.45) is 0 Å². The van der Waals surface area contributed by atoms with Gasteiger partial charge in [-0.1, -0.05) is 49.6 Å². The van der Waals surface area contributed by atoms with Crippen LogP contribution in [0.3, 0.4) is 0 Å². The zero-order valence-corrected chi connectivity index (χ0v) is 9.66. The van der Waals surface area contributed by atoms with E-state index in [2.05, 4.69) is 19.9 Å². The molecule has 0 aromatic heterocycles. The van der Waals surface area contributed by atoms with Crippen LogP contribution < -0.4 is 0 Å². The number of aromatic hydroxyl groups is 1. The summed E-state index contributed by atoms with van der Waals surface area (Å²) >= 11 is 0. The maximum Gasteiger partial charge on any atom is 0.122 e. The van der Waals surface area contributed by atoms with Crippen LogP contribution in [0.15, 0.2) is 29.8 Å². The maximum atomic E-state index is 9.59. The van der Waals surface area contributed by atoms with Gasteiger partial charge in [-0.25, -0.2) is 0 Å². The summed E-state index contributed by atoms with van der Waals surface area (Å²) < 4.78 is 0. The first-order chi connectivity index (χ1) is 7.24. The summed E-state index contributed by atoms with van der Waals surface area (Å²) in [4.78, 5) is 0. The van der Waals surface area contributed by atoms with Crippen molar-refractivity contribution in [2.75, 3.05) is 0 Å². The van der Waals surface area contributed by atoms with Crippen LogP contribution >= 0.6 is 0 Å². The topological polar surface area (TPSA) is 20.2 Å². The van der Waals surface area contributed by atoms with Crippen molar-refractivity contribution >= 4 is 6.08 Å². The fourth-order valence-electron chi connectivity index (χ4n) is 1.60. The number of benzene rings is 1. The van der Waals surface area contributed by atoms with E-state index in [1.807, 2.05) is 18.2 Å². The summed E-state index contributed by atoms with van der Waals surface area (Å²) in [7, 11) is 0. The largest absolute Gasteiger partial charge is 0.507 e. The molecule has 0 fully saturated rings. The third kappa shape index (κ3) is 4.20. The number of phenolic OH excluding ortho intramolecular Hbond substituents is 1. The van der Waals surface area contributed by atoms with Gasteiger partial charge in [0.05, 0.1) is 0 Å². The summed E-state index contributed by atoms with van der Waals surface area (Å²) in [5.74, 6) is 0.368. The molecule has 0 bridgehead atoms. The lowest BCUT2D eigenvalue weighted by Crippen LogP contribution is -1.80. The Morgan fingerprint density at radius 1 is 1.27 bits per heavy atom. The fraction of sp³-hybridized carbons (Fsp3) is 0.429. The lowest BCUT2D eigenvalue weighted by molar-refractivity contribution is 0.474. The van der Waals surface area contributed by atoms with E-state index in [1.165, 1.54) is 24.8 Å². The summed E-state index contributed by atoms with van der Waals surface area (Å²) in [6.45, 7) is 4.34. The summed E-state index contributed by atoms with van der Waals surface area (Å²) in [5.41, 5.74) is 2.26. The molecular weight excluding hydrogens is 184 g/mol. The van der Waals surface area contributed by atoms with Gasteiger partial charge in [0, 0.05) is 5.56 Å². The van der Waals surface area contributed by atoms with Gasteiger partial charge in [-0.2, -0.15) is 0 Å². The predicted octanol–water partition coefficient (Wildman–Crippen LogP) is 4.38. The van der Waals surface area contributed by atoms with Crippen LogP contribution in [0, 0.1) is 0 Å². The highest BCUT2D eigenvalue weighted by molar-refractivity contribution is 5.58. The van der Waals surface area contributed by atoms with Gasteiger partial charge >= 0.3 is 0 Å². The van der Waals surface area contributed by atoms with Crippen LogP contribution in [0.5, 0.6) is 5.75 Å². The lowest BCUT2D eigenvalue weighted by atomic mass is 10.1. The van der Waals surface area contributed by atoms with Crippen molar-refractivity contribution in [1.82, 2.24) is 0 Å². The molecule has 0 heterocycles. The van der Waals surface area contributed by atoms with E-state index in [-0.39, 0.29) is 0 Å². The molecule has 0 unspecified atom stereocenters. The number of rotatable bonds is 5. The van der Waals surface area contributed by atoms with Crippen molar-refractivity contribution in [1.29, 1.82) is 0 Å². The summed E-state index contributed by atoms with van der Waals surface area (Å²) in [6, 6.07) is 7.47. The molecule has 15 heavy (non-hydrogen) atoms. The molecule has 0 aliphatic heterocycles. The molecule has 1 rings (SSSR count). The van der Waals surface area contributed by atoms with E-state index >= 15 is 0 Å². The molecule has 0 radical (unpaired) electrons. The number of para-hydroxylation sites is 1. The standard InChI is InChI=1S/C14H20O/c1-3-4-5-8-12(2)11-13-9-6-7-10-14(13)15/h6-7,9-11,15H,3-5,8H2,1-2H3. The number of hydrogen-bond donors (Lipinski definition) is 1. The van der Waals surface area contributed by atoms with E-state index in [0.717, 1.165) is 12.0 Å². The van der Waals surface area contributed by atoms with Gasteiger partial charge in [-0.15, -0.1) is 0 Å². The molecule has 1 aromatic rings. The van der Waals surface area contributed by atoms with Gasteiger partial charge in [0.25, 0.3) is 0 Å². The van der Waals surface area contributed by atoms with Crippen molar-refractivity contribution in [3.05, 3.63) is 35.4 Å². The average molecular weight is 204 g/mol. The molecule has 0 amide bonds. The Kier molecular flexibility index (Phi) is 4.96. The Bertz CT molecular complexity index is 326. The molecule has 82 valence electrons. The predicted molar refractivity (Wildman–Crippen MR) is 65.9 cm³/mol. The van der Waals surface area contributed by atoms with Crippen LogP contribution in [-0.4, -0.2) is 5.11 Å². The van der Waals surface area contributed by atoms with Crippen LogP contribution in [0.4, 0.5) is 0 Å². The van der Waals surface area contributed by atoms with Gasteiger partial charge in [0.1, 0.15) is 5.75 Å². The summed E-state index contributed by atoms with van der Waals surface area (Å²) in [6.07, 6.45) is 6.98. The van der Waals surface area contributed by atoms with E-state index in [1.54, 1.807) is 6.07 Å². The molecule has 1 aromatic carbocycles. The van der Waals surface area contributed by atoms with Crippen molar-refractivity contribution in [3.8, 4) is 5.75 Å². The van der Waals surface area contributed by atoms with Crippen molar-refractivity contribution in [3.63, 3.8) is 0 Å². The fourth-order valence-corrected chi connectivity index (χ4v) is 1.60. The zero-order chi connectivity index (χ0) is 11.1. The SMILES string of the molecule is CCCCCC(C)=Cc1ccccc1O. The molecular formula is C14H20O. The first kappa shape index (κ1) is 11.8. The first-order valence-electron chi connectivity index (χ1n) is 5.69. The van der Waals surface area contributed by atoms with Gasteiger partial charge in [0.15, 0.2) is 0 Å². The Hall–Kier alpha value is -1.24. The minimum absolute atomic E-state index is 0.368. The normalized spacial score (nSPS) is 11.7.